The van der Waals surface area contributed by atoms with Gasteiger partial charge in [0.05, 0.1) is 12.7 Å². The van der Waals surface area contributed by atoms with Crippen LogP contribution < -0.4 is 0 Å². The fraction of sp³-hybridized carbons (Fsp3) is 1.00. The lowest BCUT2D eigenvalue weighted by atomic mass is 9.97. The smallest absolute Gasteiger partial charge is 0.209 e. The number of ether oxygens (including phenoxy) is 3. The SMILES string of the molecule is [3H][B]SOCC(O)[C@H]1O[C@@H]2OC(C)(C)OC2[C@@H]1C. The molecule has 17 heavy (non-hydrogen) atoms. The van der Waals surface area contributed by atoms with E-state index >= 15 is 0 Å². The Morgan fingerprint density at radius 2 is 2.35 bits per heavy atom. The lowest BCUT2D eigenvalue weighted by molar-refractivity contribution is -0.220. The van der Waals surface area contributed by atoms with Crippen LogP contribution in [0.1, 0.15) is 20.8 Å². The lowest BCUT2D eigenvalue weighted by Crippen LogP contribution is -2.37. The molecule has 0 bridgehead atoms. The van der Waals surface area contributed by atoms with Crippen LogP contribution in [0.3, 0.4) is 0 Å². The van der Waals surface area contributed by atoms with Crippen molar-refractivity contribution in [1.82, 2.24) is 0 Å². The Kier molecular flexibility index (Phi) is 3.65. The number of fused-ring (bicyclic) bond motifs is 1. The zero-order chi connectivity index (χ0) is 13.3. The summed E-state index contributed by atoms with van der Waals surface area (Å²) in [7, 11) is 1.06. The van der Waals surface area contributed by atoms with Crippen LogP contribution in [0, 0.1) is 5.92 Å². The number of aliphatic hydroxyl groups is 1. The van der Waals surface area contributed by atoms with Gasteiger partial charge in [-0.2, -0.15) is 0 Å². The standard InChI is InChI=1S/C10H18BO5S/c1-5-7(6(12)4-13-17-11)14-9-8(5)15-10(2,3)16-9/h5-9,11-12H,4H2,1-3H3/t5-,6?,7+,8?,9-/m1/s1/i11T. The molecule has 2 unspecified atom stereocenters. The highest BCUT2D eigenvalue weighted by atomic mass is 32.2. The predicted molar refractivity (Wildman–Crippen MR) is 64.6 cm³/mol. The average Bonchev–Trinajstić information content (AvgIpc) is 2.74. The van der Waals surface area contributed by atoms with Crippen molar-refractivity contribution in [2.75, 3.05) is 6.61 Å². The van der Waals surface area contributed by atoms with E-state index in [1.165, 1.54) is 0 Å². The lowest BCUT2D eigenvalue weighted by Gasteiger charge is -2.26. The van der Waals surface area contributed by atoms with Gasteiger partial charge < -0.3 is 23.5 Å². The molecule has 2 saturated heterocycles. The number of hydrogen-bond donors (Lipinski definition) is 1. The molecule has 5 nitrogen and oxygen atoms in total. The Labute approximate surface area is 108 Å². The molecule has 1 N–H and O–H groups in total. The highest BCUT2D eigenvalue weighted by molar-refractivity contribution is 8.15. The minimum Gasteiger partial charge on any atom is -0.388 e. The van der Waals surface area contributed by atoms with Crippen LogP contribution in [0.25, 0.3) is 0 Å². The van der Waals surface area contributed by atoms with Crippen LogP contribution in [0.2, 0.25) is 0 Å². The van der Waals surface area contributed by atoms with Gasteiger partial charge in [0.1, 0.15) is 12.2 Å². The molecule has 1 radical (unpaired) electrons. The molecule has 97 valence electrons. The first-order chi connectivity index (χ1) is 8.44. The van der Waals surface area contributed by atoms with Gasteiger partial charge in [0, 0.05) is 5.92 Å². The maximum Gasteiger partial charge on any atom is 0.209 e. The van der Waals surface area contributed by atoms with E-state index in [-0.39, 0.29) is 24.7 Å². The molecule has 2 fully saturated rings. The molecule has 5 atom stereocenters. The molecule has 0 spiro atoms. The van der Waals surface area contributed by atoms with Gasteiger partial charge in [0.15, 0.2) is 12.1 Å². The largest absolute Gasteiger partial charge is 0.388 e. The number of rotatable bonds is 5. The normalized spacial score (nSPS) is 42.0. The van der Waals surface area contributed by atoms with Gasteiger partial charge in [0.2, 0.25) is 7.09 Å². The van der Waals surface area contributed by atoms with E-state index in [0.717, 1.165) is 19.0 Å². The highest BCUT2D eigenvalue weighted by Gasteiger charge is 2.54. The van der Waals surface area contributed by atoms with Gasteiger partial charge in [0.25, 0.3) is 0 Å². The Bertz CT molecular complexity index is 295. The summed E-state index contributed by atoms with van der Waals surface area (Å²) in [6, 6.07) is 0. The first-order valence-corrected chi connectivity index (χ1v) is 6.42. The predicted octanol–water partition coefficient (Wildman–Crippen LogP) is 0.340. The third-order valence-corrected chi connectivity index (χ3v) is 3.37. The van der Waals surface area contributed by atoms with Gasteiger partial charge in [-0.25, -0.2) is 0 Å². The zero-order valence-electron chi connectivity index (χ0n) is 11.2. The van der Waals surface area contributed by atoms with Crippen molar-refractivity contribution < 1.29 is 23.5 Å². The molecule has 0 aliphatic carbocycles. The third-order valence-electron chi connectivity index (χ3n) is 3.10. The van der Waals surface area contributed by atoms with Crippen LogP contribution in [-0.2, 0) is 18.4 Å². The van der Waals surface area contributed by atoms with E-state index in [0.29, 0.717) is 0 Å². The van der Waals surface area contributed by atoms with E-state index in [4.69, 9.17) is 19.7 Å². The van der Waals surface area contributed by atoms with Crippen molar-refractivity contribution in [3.8, 4) is 0 Å². The molecular formula is C10H18BO5S. The highest BCUT2D eigenvalue weighted by Crippen LogP contribution is 2.41. The maximum atomic E-state index is 9.98. The number of aliphatic hydroxyl groups excluding tert-OH is 1. The first kappa shape index (κ1) is 12.3. The fourth-order valence-electron chi connectivity index (χ4n) is 2.33. The molecule has 0 aromatic rings. The molecular weight excluding hydrogens is 243 g/mol. The first-order valence-electron chi connectivity index (χ1n) is 6.20. The summed E-state index contributed by atoms with van der Waals surface area (Å²) in [6.45, 7) is 5.76. The second kappa shape index (κ2) is 5.07. The summed E-state index contributed by atoms with van der Waals surface area (Å²) in [5.41, 5.74) is 0. The van der Waals surface area contributed by atoms with E-state index in [1.54, 1.807) is 0 Å². The second-order valence-electron chi connectivity index (χ2n) is 4.88. The van der Waals surface area contributed by atoms with E-state index in [2.05, 4.69) is 0 Å². The molecule has 0 amide bonds. The molecule has 0 aromatic carbocycles. The van der Waals surface area contributed by atoms with Crippen LogP contribution in [-0.4, -0.2) is 50.5 Å². The Morgan fingerprint density at radius 3 is 3.00 bits per heavy atom. The topological polar surface area (TPSA) is 57.2 Å². The van der Waals surface area contributed by atoms with Crippen LogP contribution >= 0.6 is 11.9 Å². The molecule has 0 saturated carbocycles. The maximum absolute atomic E-state index is 9.98. The van der Waals surface area contributed by atoms with Crippen LogP contribution in [0.15, 0.2) is 0 Å². The minimum absolute atomic E-state index is 0.0281. The van der Waals surface area contributed by atoms with Gasteiger partial charge in [-0.05, 0) is 15.2 Å². The van der Waals surface area contributed by atoms with Gasteiger partial charge in [-0.15, -0.1) is 0 Å². The van der Waals surface area contributed by atoms with Gasteiger partial charge in [-0.3, -0.25) is 0 Å². The number of hydrogen-bond acceptors (Lipinski definition) is 6. The van der Waals surface area contributed by atoms with E-state index in [1.807, 2.05) is 20.8 Å². The summed E-state index contributed by atoms with van der Waals surface area (Å²) >= 11 is 0.881. The molecule has 7 heteroatoms. The van der Waals surface area contributed by atoms with E-state index < -0.39 is 18.2 Å². The Balaban J connectivity index is 1.87. The monoisotopic (exact) mass is 263 g/mol. The average molecular weight is 263 g/mol. The van der Waals surface area contributed by atoms with Gasteiger partial charge in [-0.1, -0.05) is 18.8 Å². The van der Waals surface area contributed by atoms with Crippen molar-refractivity contribution in [2.45, 2.75) is 51.2 Å². The third kappa shape index (κ3) is 2.80. The zero-order valence-corrected chi connectivity index (χ0v) is 11.0. The van der Waals surface area contributed by atoms with Crippen molar-refractivity contribution in [2.24, 2.45) is 5.92 Å². The molecule has 0 aromatic heterocycles. The molecule has 2 rings (SSSR count). The van der Waals surface area contributed by atoms with Gasteiger partial charge >= 0.3 is 0 Å². The Morgan fingerprint density at radius 1 is 1.59 bits per heavy atom. The quantitative estimate of drug-likeness (QED) is 0.438. The molecule has 2 heterocycles. The second-order valence-corrected chi connectivity index (χ2v) is 5.30. The summed E-state index contributed by atoms with van der Waals surface area (Å²) < 4.78 is 28.9. The molecule has 2 aliphatic rings. The summed E-state index contributed by atoms with van der Waals surface area (Å²) in [5, 5.41) is 9.98. The van der Waals surface area contributed by atoms with Crippen molar-refractivity contribution in [3.63, 3.8) is 0 Å². The summed E-state index contributed by atoms with van der Waals surface area (Å²) in [4.78, 5) is 0. The van der Waals surface area contributed by atoms with Crippen LogP contribution in [0.5, 0.6) is 0 Å². The Hall–Kier alpha value is 0.215. The summed E-state index contributed by atoms with van der Waals surface area (Å²) in [6.07, 6.45) is -1.71. The fourth-order valence-corrected chi connectivity index (χ4v) is 2.55. The van der Waals surface area contributed by atoms with Crippen molar-refractivity contribution in [3.05, 3.63) is 0 Å². The molecule has 2 aliphatic heterocycles. The van der Waals surface area contributed by atoms with Crippen molar-refractivity contribution >= 4 is 19.0 Å². The van der Waals surface area contributed by atoms with E-state index in [9.17, 15) is 5.11 Å². The van der Waals surface area contributed by atoms with Crippen molar-refractivity contribution in [1.29, 1.82) is 1.34 Å². The summed E-state index contributed by atoms with van der Waals surface area (Å²) in [5.74, 6) is -0.605. The minimum atomic E-state index is -0.756. The van der Waals surface area contributed by atoms with Crippen LogP contribution in [0.4, 0.5) is 0 Å².